The van der Waals surface area contributed by atoms with Gasteiger partial charge in [-0.3, -0.25) is 19.0 Å². The molecule has 0 bridgehead atoms. The van der Waals surface area contributed by atoms with Crippen LogP contribution in [0.15, 0.2) is 47.3 Å². The number of hydrogen-bond acceptors (Lipinski definition) is 4. The van der Waals surface area contributed by atoms with Gasteiger partial charge in [-0.05, 0) is 50.1 Å². The van der Waals surface area contributed by atoms with E-state index in [0.29, 0.717) is 23.1 Å². The highest BCUT2D eigenvalue weighted by Crippen LogP contribution is 2.21. The normalized spacial score (nSPS) is 13.4. The van der Waals surface area contributed by atoms with Crippen LogP contribution in [-0.4, -0.2) is 27.9 Å². The Labute approximate surface area is 178 Å². The molecule has 7 nitrogen and oxygen atoms in total. The number of para-hydroxylation sites is 1. The summed E-state index contributed by atoms with van der Waals surface area (Å²) in [6.45, 7) is 2.41. The minimum absolute atomic E-state index is 0.0359. The van der Waals surface area contributed by atoms with E-state index in [1.165, 1.54) is 24.3 Å². The second-order valence-electron chi connectivity index (χ2n) is 7.48. The summed E-state index contributed by atoms with van der Waals surface area (Å²) in [4.78, 5) is 43.9. The number of likely N-dealkylation sites (N-methyl/N-ethyl adjacent to an activating group) is 1. The Kier molecular flexibility index (Phi) is 5.79. The number of carbonyl (C=O) groups is 2. The van der Waals surface area contributed by atoms with Gasteiger partial charge < -0.3 is 10.2 Å². The molecule has 1 aliphatic rings. The number of nitrogens with one attached hydrogen (secondary N) is 1. The number of fused-ring (bicyclic) bond motifs is 2. The van der Waals surface area contributed by atoms with Crippen molar-refractivity contribution < 1.29 is 14.0 Å². The van der Waals surface area contributed by atoms with E-state index in [0.717, 1.165) is 36.4 Å². The molecule has 0 atom stereocenters. The molecule has 0 unspecified atom stereocenters. The SMILES string of the molecule is CCN(C(=O)C(=O)Nc1ccc2nc3n(c(=O)c2c1)CCCCC3)c1ccccc1F. The van der Waals surface area contributed by atoms with Crippen LogP contribution in [0.5, 0.6) is 0 Å². The fourth-order valence-corrected chi connectivity index (χ4v) is 3.90. The highest BCUT2D eigenvalue weighted by molar-refractivity contribution is 6.44. The fraction of sp³-hybridized carbons (Fsp3) is 0.304. The molecular weight excluding hydrogens is 399 g/mol. The van der Waals surface area contributed by atoms with Gasteiger partial charge in [-0.25, -0.2) is 9.37 Å². The van der Waals surface area contributed by atoms with Crippen molar-refractivity contribution in [3.8, 4) is 0 Å². The van der Waals surface area contributed by atoms with Gasteiger partial charge in [0.1, 0.15) is 11.6 Å². The maximum atomic E-state index is 14.1. The third kappa shape index (κ3) is 4.05. The smallest absolute Gasteiger partial charge is 0.316 e. The van der Waals surface area contributed by atoms with Gasteiger partial charge in [0.25, 0.3) is 5.56 Å². The van der Waals surface area contributed by atoms with Crippen LogP contribution in [0.2, 0.25) is 0 Å². The first-order valence-corrected chi connectivity index (χ1v) is 10.4. The van der Waals surface area contributed by atoms with Crippen LogP contribution >= 0.6 is 0 Å². The number of rotatable bonds is 3. The van der Waals surface area contributed by atoms with Crippen LogP contribution in [-0.2, 0) is 22.6 Å². The summed E-state index contributed by atoms with van der Waals surface area (Å²) in [5.41, 5.74) is 0.757. The summed E-state index contributed by atoms with van der Waals surface area (Å²) in [5, 5.41) is 2.92. The Morgan fingerprint density at radius 3 is 2.74 bits per heavy atom. The number of nitrogens with zero attached hydrogens (tertiary/aromatic N) is 3. The lowest BCUT2D eigenvalue weighted by Gasteiger charge is -2.21. The largest absolute Gasteiger partial charge is 0.318 e. The maximum Gasteiger partial charge on any atom is 0.316 e. The number of halogens is 1. The molecule has 2 aromatic carbocycles. The summed E-state index contributed by atoms with van der Waals surface area (Å²) >= 11 is 0. The van der Waals surface area contributed by atoms with E-state index in [-0.39, 0.29) is 17.8 Å². The zero-order chi connectivity index (χ0) is 22.0. The van der Waals surface area contributed by atoms with Crippen LogP contribution in [0, 0.1) is 5.82 Å². The molecule has 0 saturated heterocycles. The third-order valence-electron chi connectivity index (χ3n) is 5.47. The second kappa shape index (κ2) is 8.67. The van der Waals surface area contributed by atoms with Gasteiger partial charge in [-0.1, -0.05) is 18.6 Å². The molecular formula is C23H23FN4O3. The van der Waals surface area contributed by atoms with Gasteiger partial charge in [0.2, 0.25) is 0 Å². The number of benzene rings is 2. The molecule has 160 valence electrons. The maximum absolute atomic E-state index is 14.1. The Bertz CT molecular complexity index is 1220. The quantitative estimate of drug-likeness (QED) is 0.657. The first-order chi connectivity index (χ1) is 15.0. The molecule has 0 aliphatic carbocycles. The van der Waals surface area contributed by atoms with Crippen molar-refractivity contribution >= 4 is 34.1 Å². The molecule has 1 N–H and O–H groups in total. The molecule has 8 heteroatoms. The van der Waals surface area contributed by atoms with Crippen LogP contribution in [0.1, 0.15) is 32.0 Å². The lowest BCUT2D eigenvalue weighted by atomic mass is 10.2. The van der Waals surface area contributed by atoms with Gasteiger partial charge >= 0.3 is 11.8 Å². The molecule has 0 fully saturated rings. The molecule has 31 heavy (non-hydrogen) atoms. The van der Waals surface area contributed by atoms with E-state index in [1.807, 2.05) is 0 Å². The topological polar surface area (TPSA) is 84.3 Å². The summed E-state index contributed by atoms with van der Waals surface area (Å²) < 4.78 is 15.8. The van der Waals surface area contributed by atoms with E-state index in [2.05, 4.69) is 10.3 Å². The highest BCUT2D eigenvalue weighted by Gasteiger charge is 2.24. The lowest BCUT2D eigenvalue weighted by molar-refractivity contribution is -0.134. The van der Waals surface area contributed by atoms with Crippen molar-refractivity contribution in [1.29, 1.82) is 0 Å². The van der Waals surface area contributed by atoms with E-state index in [9.17, 15) is 18.8 Å². The zero-order valence-corrected chi connectivity index (χ0v) is 17.2. The predicted molar refractivity (Wildman–Crippen MR) is 117 cm³/mol. The van der Waals surface area contributed by atoms with Crippen molar-refractivity contribution in [3.05, 3.63) is 64.5 Å². The minimum atomic E-state index is -0.910. The Morgan fingerprint density at radius 2 is 1.97 bits per heavy atom. The molecule has 3 aromatic rings. The summed E-state index contributed by atoms with van der Waals surface area (Å²) in [6, 6.07) is 10.6. The fourth-order valence-electron chi connectivity index (χ4n) is 3.90. The number of anilines is 2. The van der Waals surface area contributed by atoms with E-state index in [1.54, 1.807) is 29.7 Å². The number of aromatic nitrogens is 2. The standard InChI is InChI=1S/C23H23FN4O3/c1-2-27(19-9-6-5-8-17(19)24)23(31)21(29)25-15-11-12-18-16(14-15)22(30)28-13-7-3-4-10-20(28)26-18/h5-6,8-9,11-12,14H,2-4,7,10,13H2,1H3,(H,25,29). The Morgan fingerprint density at radius 1 is 1.16 bits per heavy atom. The van der Waals surface area contributed by atoms with Gasteiger partial charge in [0.05, 0.1) is 16.6 Å². The predicted octanol–water partition coefficient (Wildman–Crippen LogP) is 3.25. The van der Waals surface area contributed by atoms with Crippen LogP contribution < -0.4 is 15.8 Å². The average Bonchev–Trinajstić information content (AvgIpc) is 3.01. The summed E-state index contributed by atoms with van der Waals surface area (Å²) in [5.74, 6) is -1.60. The molecule has 1 aliphatic heterocycles. The van der Waals surface area contributed by atoms with Gasteiger partial charge in [0.15, 0.2) is 0 Å². The summed E-state index contributed by atoms with van der Waals surface area (Å²) in [7, 11) is 0. The van der Waals surface area contributed by atoms with Crippen molar-refractivity contribution in [2.75, 3.05) is 16.8 Å². The molecule has 2 heterocycles. The average molecular weight is 422 g/mol. The molecule has 0 spiro atoms. The van der Waals surface area contributed by atoms with E-state index in [4.69, 9.17) is 0 Å². The van der Waals surface area contributed by atoms with Crippen LogP contribution in [0.4, 0.5) is 15.8 Å². The Hall–Kier alpha value is -3.55. The number of aryl methyl sites for hydroxylation is 1. The first-order valence-electron chi connectivity index (χ1n) is 10.4. The minimum Gasteiger partial charge on any atom is -0.318 e. The van der Waals surface area contributed by atoms with Crippen LogP contribution in [0.25, 0.3) is 10.9 Å². The first kappa shape index (κ1) is 20.7. The molecule has 4 rings (SSSR count). The second-order valence-corrected chi connectivity index (χ2v) is 7.48. The number of carbonyl (C=O) groups excluding carboxylic acids is 2. The van der Waals surface area contributed by atoms with Crippen molar-refractivity contribution in [2.24, 2.45) is 0 Å². The summed E-state index contributed by atoms with van der Waals surface area (Å²) in [6.07, 6.45) is 3.75. The lowest BCUT2D eigenvalue weighted by Crippen LogP contribution is -2.40. The van der Waals surface area contributed by atoms with E-state index < -0.39 is 17.6 Å². The van der Waals surface area contributed by atoms with Gasteiger partial charge in [-0.2, -0.15) is 0 Å². The van der Waals surface area contributed by atoms with Gasteiger partial charge in [0, 0.05) is 25.2 Å². The van der Waals surface area contributed by atoms with Crippen LogP contribution in [0.3, 0.4) is 0 Å². The number of amides is 2. The van der Waals surface area contributed by atoms with Crippen molar-refractivity contribution in [3.63, 3.8) is 0 Å². The molecule has 2 amide bonds. The molecule has 0 radical (unpaired) electrons. The monoisotopic (exact) mass is 422 g/mol. The van der Waals surface area contributed by atoms with Gasteiger partial charge in [-0.15, -0.1) is 0 Å². The van der Waals surface area contributed by atoms with Crippen molar-refractivity contribution in [1.82, 2.24) is 9.55 Å². The molecule has 0 saturated carbocycles. The van der Waals surface area contributed by atoms with E-state index >= 15 is 0 Å². The highest BCUT2D eigenvalue weighted by atomic mass is 19.1. The molecule has 1 aromatic heterocycles. The number of hydrogen-bond donors (Lipinski definition) is 1. The zero-order valence-electron chi connectivity index (χ0n) is 17.2. The van der Waals surface area contributed by atoms with Crippen molar-refractivity contribution in [2.45, 2.75) is 39.2 Å². The Balaban J connectivity index is 1.61. The third-order valence-corrected chi connectivity index (χ3v) is 5.47.